The molecule has 2 rings (SSSR count). The van der Waals surface area contributed by atoms with Gasteiger partial charge in [-0.05, 0) is 29.8 Å². The van der Waals surface area contributed by atoms with E-state index in [4.69, 9.17) is 14.2 Å². The molecule has 8 heteroatoms. The standard InChI is InChI=1S/C19H24FN3O3.HI/c1-21-19(22-9-10-26-16-6-4-5-15(20)12-16)23-13-14-7-8-17(24-2)18(11-14)25-3;/h4-8,11-12H,9-10,13H2,1-3H3,(H2,21,22,23);1H. The second-order valence-corrected chi connectivity index (χ2v) is 5.35. The summed E-state index contributed by atoms with van der Waals surface area (Å²) in [5.74, 6) is 2.19. The number of hydrogen-bond acceptors (Lipinski definition) is 4. The van der Waals surface area contributed by atoms with Gasteiger partial charge in [-0.25, -0.2) is 4.39 Å². The minimum Gasteiger partial charge on any atom is -0.493 e. The summed E-state index contributed by atoms with van der Waals surface area (Å²) >= 11 is 0. The second-order valence-electron chi connectivity index (χ2n) is 5.35. The van der Waals surface area contributed by atoms with Crippen molar-refractivity contribution < 1.29 is 18.6 Å². The number of rotatable bonds is 8. The largest absolute Gasteiger partial charge is 0.493 e. The summed E-state index contributed by atoms with van der Waals surface area (Å²) in [5.41, 5.74) is 1.03. The zero-order chi connectivity index (χ0) is 18.8. The molecular weight excluding hydrogens is 464 g/mol. The van der Waals surface area contributed by atoms with Gasteiger partial charge in [0.2, 0.25) is 0 Å². The summed E-state index contributed by atoms with van der Waals surface area (Å²) in [5, 5.41) is 6.35. The van der Waals surface area contributed by atoms with Crippen molar-refractivity contribution in [3.05, 3.63) is 53.8 Å². The van der Waals surface area contributed by atoms with Crippen molar-refractivity contribution in [2.75, 3.05) is 34.4 Å². The third-order valence-corrected chi connectivity index (χ3v) is 3.59. The average Bonchev–Trinajstić information content (AvgIpc) is 2.67. The van der Waals surface area contributed by atoms with Gasteiger partial charge in [-0.1, -0.05) is 12.1 Å². The highest BCUT2D eigenvalue weighted by Gasteiger charge is 2.05. The summed E-state index contributed by atoms with van der Waals surface area (Å²) in [7, 11) is 4.90. The Morgan fingerprint density at radius 1 is 1.04 bits per heavy atom. The lowest BCUT2D eigenvalue weighted by Crippen LogP contribution is -2.38. The van der Waals surface area contributed by atoms with E-state index in [1.807, 2.05) is 18.2 Å². The molecule has 2 N–H and O–H groups in total. The number of hydrogen-bond donors (Lipinski definition) is 2. The van der Waals surface area contributed by atoms with Crippen LogP contribution in [0.5, 0.6) is 17.2 Å². The number of nitrogens with zero attached hydrogens (tertiary/aromatic N) is 1. The van der Waals surface area contributed by atoms with E-state index in [1.54, 1.807) is 33.4 Å². The van der Waals surface area contributed by atoms with Crippen LogP contribution in [-0.2, 0) is 6.54 Å². The van der Waals surface area contributed by atoms with Crippen LogP contribution in [0.25, 0.3) is 0 Å². The van der Waals surface area contributed by atoms with E-state index in [0.29, 0.717) is 42.9 Å². The van der Waals surface area contributed by atoms with Gasteiger partial charge in [0.15, 0.2) is 17.5 Å². The van der Waals surface area contributed by atoms with E-state index in [9.17, 15) is 4.39 Å². The number of aliphatic imine (C=N–C) groups is 1. The van der Waals surface area contributed by atoms with Crippen molar-refractivity contribution in [3.63, 3.8) is 0 Å². The van der Waals surface area contributed by atoms with E-state index in [2.05, 4.69) is 15.6 Å². The topological polar surface area (TPSA) is 64.1 Å². The molecular formula is C19H25FIN3O3. The van der Waals surface area contributed by atoms with Crippen molar-refractivity contribution >= 4 is 29.9 Å². The molecule has 27 heavy (non-hydrogen) atoms. The van der Waals surface area contributed by atoms with Gasteiger partial charge in [-0.2, -0.15) is 0 Å². The lowest BCUT2D eigenvalue weighted by molar-refractivity contribution is 0.320. The monoisotopic (exact) mass is 489 g/mol. The van der Waals surface area contributed by atoms with Crippen LogP contribution in [0.4, 0.5) is 4.39 Å². The molecule has 148 valence electrons. The molecule has 0 atom stereocenters. The first kappa shape index (κ1) is 22.8. The lowest BCUT2D eigenvalue weighted by atomic mass is 10.2. The Balaban J connectivity index is 0.00000364. The third kappa shape index (κ3) is 7.49. The number of halogens is 2. The second kappa shape index (κ2) is 12.2. The van der Waals surface area contributed by atoms with Gasteiger partial charge in [-0.15, -0.1) is 24.0 Å². The van der Waals surface area contributed by atoms with Crippen molar-refractivity contribution in [1.82, 2.24) is 10.6 Å². The maximum absolute atomic E-state index is 13.1. The zero-order valence-electron chi connectivity index (χ0n) is 15.6. The van der Waals surface area contributed by atoms with Crippen molar-refractivity contribution in [2.24, 2.45) is 4.99 Å². The van der Waals surface area contributed by atoms with E-state index < -0.39 is 0 Å². The van der Waals surface area contributed by atoms with Crippen LogP contribution in [0.2, 0.25) is 0 Å². The predicted octanol–water partition coefficient (Wildman–Crippen LogP) is 3.20. The molecule has 0 heterocycles. The minimum atomic E-state index is -0.317. The fraction of sp³-hybridized carbons (Fsp3) is 0.316. The minimum absolute atomic E-state index is 0. The van der Waals surface area contributed by atoms with Crippen molar-refractivity contribution in [2.45, 2.75) is 6.54 Å². The average molecular weight is 489 g/mol. The molecule has 0 saturated heterocycles. The molecule has 0 radical (unpaired) electrons. The van der Waals surface area contributed by atoms with Gasteiger partial charge >= 0.3 is 0 Å². The number of ether oxygens (including phenoxy) is 3. The van der Waals surface area contributed by atoms with Crippen LogP contribution < -0.4 is 24.8 Å². The summed E-state index contributed by atoms with van der Waals surface area (Å²) in [6.07, 6.45) is 0. The SMILES string of the molecule is CN=C(NCCOc1cccc(F)c1)NCc1ccc(OC)c(OC)c1.I. The van der Waals surface area contributed by atoms with Gasteiger partial charge in [0.1, 0.15) is 18.2 Å². The first-order chi connectivity index (χ1) is 12.7. The van der Waals surface area contributed by atoms with E-state index in [0.717, 1.165) is 5.56 Å². The first-order valence-corrected chi connectivity index (χ1v) is 8.20. The lowest BCUT2D eigenvalue weighted by Gasteiger charge is -2.14. The van der Waals surface area contributed by atoms with Crippen LogP contribution in [-0.4, -0.2) is 40.4 Å². The smallest absolute Gasteiger partial charge is 0.191 e. The Hall–Kier alpha value is -2.23. The summed E-state index contributed by atoms with van der Waals surface area (Å²) in [4.78, 5) is 4.16. The molecule has 0 aliphatic heterocycles. The predicted molar refractivity (Wildman–Crippen MR) is 115 cm³/mol. The fourth-order valence-electron chi connectivity index (χ4n) is 2.29. The van der Waals surface area contributed by atoms with Crippen LogP contribution >= 0.6 is 24.0 Å². The van der Waals surface area contributed by atoms with E-state index in [-0.39, 0.29) is 29.8 Å². The molecule has 0 amide bonds. The summed E-state index contributed by atoms with van der Waals surface area (Å²) in [6.45, 7) is 1.49. The van der Waals surface area contributed by atoms with Crippen molar-refractivity contribution in [3.8, 4) is 17.2 Å². The maximum Gasteiger partial charge on any atom is 0.191 e. The zero-order valence-corrected chi connectivity index (χ0v) is 18.0. The Labute approximate surface area is 176 Å². The van der Waals surface area contributed by atoms with Crippen LogP contribution in [0.1, 0.15) is 5.56 Å². The molecule has 0 aliphatic carbocycles. The summed E-state index contributed by atoms with van der Waals surface area (Å²) in [6, 6.07) is 11.8. The molecule has 0 aliphatic rings. The molecule has 0 fully saturated rings. The maximum atomic E-state index is 13.1. The molecule has 0 saturated carbocycles. The van der Waals surface area contributed by atoms with Crippen LogP contribution in [0.15, 0.2) is 47.5 Å². The van der Waals surface area contributed by atoms with E-state index in [1.165, 1.54) is 12.1 Å². The number of benzene rings is 2. The normalized spacial score (nSPS) is 10.6. The quantitative estimate of drug-likeness (QED) is 0.258. The third-order valence-electron chi connectivity index (χ3n) is 3.59. The first-order valence-electron chi connectivity index (χ1n) is 8.20. The number of guanidine groups is 1. The Kier molecular flexibility index (Phi) is 10.3. The summed E-state index contributed by atoms with van der Waals surface area (Å²) < 4.78 is 29.1. The van der Waals surface area contributed by atoms with Gasteiger partial charge in [0.25, 0.3) is 0 Å². The molecule has 0 unspecified atom stereocenters. The Morgan fingerprint density at radius 2 is 1.81 bits per heavy atom. The van der Waals surface area contributed by atoms with Crippen LogP contribution in [0, 0.1) is 5.82 Å². The number of methoxy groups -OCH3 is 2. The van der Waals surface area contributed by atoms with Gasteiger partial charge in [-0.3, -0.25) is 4.99 Å². The molecule has 0 bridgehead atoms. The molecule has 0 aromatic heterocycles. The molecule has 0 spiro atoms. The van der Waals surface area contributed by atoms with Gasteiger partial charge in [0, 0.05) is 19.7 Å². The highest BCUT2D eigenvalue weighted by Crippen LogP contribution is 2.27. The highest BCUT2D eigenvalue weighted by molar-refractivity contribution is 14.0. The Morgan fingerprint density at radius 3 is 2.48 bits per heavy atom. The van der Waals surface area contributed by atoms with Gasteiger partial charge < -0.3 is 24.8 Å². The molecule has 6 nitrogen and oxygen atoms in total. The molecule has 2 aromatic carbocycles. The molecule has 2 aromatic rings. The number of nitrogens with one attached hydrogen (secondary N) is 2. The highest BCUT2D eigenvalue weighted by atomic mass is 127. The fourth-order valence-corrected chi connectivity index (χ4v) is 2.29. The van der Waals surface area contributed by atoms with Crippen LogP contribution in [0.3, 0.4) is 0 Å². The van der Waals surface area contributed by atoms with E-state index >= 15 is 0 Å². The Bertz CT molecular complexity index is 744. The van der Waals surface area contributed by atoms with Crippen molar-refractivity contribution in [1.29, 1.82) is 0 Å². The van der Waals surface area contributed by atoms with Gasteiger partial charge in [0.05, 0.1) is 20.8 Å².